The first-order valence-corrected chi connectivity index (χ1v) is 9.74. The largest absolute Gasteiger partial charge is 0.355 e. The summed E-state index contributed by atoms with van der Waals surface area (Å²) in [7, 11) is 0. The van der Waals surface area contributed by atoms with E-state index in [1.807, 2.05) is 0 Å². The van der Waals surface area contributed by atoms with Crippen molar-refractivity contribution in [3.63, 3.8) is 0 Å². The van der Waals surface area contributed by atoms with Crippen LogP contribution in [-0.4, -0.2) is 30.3 Å². The van der Waals surface area contributed by atoms with Crippen LogP contribution >= 0.6 is 11.8 Å². The molecule has 0 radical (unpaired) electrons. The number of carbonyl (C=O) groups is 1. The molecule has 4 heteroatoms. The van der Waals surface area contributed by atoms with E-state index in [2.05, 4.69) is 41.8 Å². The van der Waals surface area contributed by atoms with Gasteiger partial charge in [0.05, 0.1) is 4.75 Å². The lowest BCUT2D eigenvalue weighted by Gasteiger charge is -2.27. The molecule has 1 atom stereocenters. The van der Waals surface area contributed by atoms with Gasteiger partial charge in [-0.05, 0) is 63.7 Å². The maximum absolute atomic E-state index is 12.9. The van der Waals surface area contributed by atoms with Gasteiger partial charge in [0.15, 0.2) is 0 Å². The van der Waals surface area contributed by atoms with Crippen molar-refractivity contribution in [2.75, 3.05) is 19.6 Å². The molecule has 0 bridgehead atoms. The van der Waals surface area contributed by atoms with Gasteiger partial charge in [-0.15, -0.1) is 11.8 Å². The topological polar surface area (TPSA) is 41.1 Å². The van der Waals surface area contributed by atoms with Crippen LogP contribution in [0, 0.1) is 12.8 Å². The number of carbonyl (C=O) groups excluding carboxylic acids is 1. The molecule has 1 amide bonds. The first-order valence-electron chi connectivity index (χ1n) is 8.93. The Balaban J connectivity index is 1.57. The fourth-order valence-corrected chi connectivity index (χ4v) is 5.05. The molecular weight excluding hydrogens is 304 g/mol. The number of nitrogens with one attached hydrogen (secondary N) is 2. The number of hydrogen-bond acceptors (Lipinski definition) is 3. The fraction of sp³-hybridized carbons (Fsp3) is 0.632. The summed E-state index contributed by atoms with van der Waals surface area (Å²) in [6, 6.07) is 8.57. The Labute approximate surface area is 144 Å². The van der Waals surface area contributed by atoms with Crippen molar-refractivity contribution < 1.29 is 4.79 Å². The standard InChI is InChI=1S/C19H28N2OS/c1-15-4-6-17(7-5-15)23-19(10-2-3-11-19)18(22)21-13-9-16-8-12-20-14-16/h4-7,16,20H,2-3,8-14H2,1H3,(H,21,22). The molecule has 1 saturated heterocycles. The molecule has 1 unspecified atom stereocenters. The van der Waals surface area contributed by atoms with Gasteiger partial charge in [-0.25, -0.2) is 0 Å². The van der Waals surface area contributed by atoms with Gasteiger partial charge < -0.3 is 10.6 Å². The zero-order chi connectivity index (χ0) is 16.1. The minimum Gasteiger partial charge on any atom is -0.355 e. The van der Waals surface area contributed by atoms with Crippen LogP contribution in [0.25, 0.3) is 0 Å². The van der Waals surface area contributed by atoms with Crippen LogP contribution in [0.5, 0.6) is 0 Å². The summed E-state index contributed by atoms with van der Waals surface area (Å²) in [5.74, 6) is 0.992. The van der Waals surface area contributed by atoms with Crippen molar-refractivity contribution in [2.24, 2.45) is 5.92 Å². The molecule has 1 aromatic rings. The summed E-state index contributed by atoms with van der Waals surface area (Å²) in [6.07, 6.45) is 6.69. The van der Waals surface area contributed by atoms with E-state index < -0.39 is 0 Å². The number of benzene rings is 1. The van der Waals surface area contributed by atoms with Gasteiger partial charge in [0.25, 0.3) is 0 Å². The number of aryl methyl sites for hydroxylation is 1. The molecule has 1 heterocycles. The zero-order valence-electron chi connectivity index (χ0n) is 14.1. The highest BCUT2D eigenvalue weighted by atomic mass is 32.2. The SMILES string of the molecule is Cc1ccc(SC2(C(=O)NCCC3CCNC3)CCCC2)cc1. The third-order valence-electron chi connectivity index (χ3n) is 5.16. The monoisotopic (exact) mass is 332 g/mol. The van der Waals surface area contributed by atoms with Crippen LogP contribution in [0.15, 0.2) is 29.2 Å². The minimum absolute atomic E-state index is 0.247. The molecule has 3 rings (SSSR count). The Morgan fingerprint density at radius 3 is 2.70 bits per heavy atom. The summed E-state index contributed by atoms with van der Waals surface area (Å²) in [5, 5.41) is 6.63. The average molecular weight is 333 g/mol. The van der Waals surface area contributed by atoms with Crippen LogP contribution in [0.1, 0.15) is 44.1 Å². The smallest absolute Gasteiger partial charge is 0.236 e. The second-order valence-corrected chi connectivity index (χ2v) is 8.48. The summed E-state index contributed by atoms with van der Waals surface area (Å²) in [6.45, 7) is 5.16. The molecular formula is C19H28N2OS. The minimum atomic E-state index is -0.247. The molecule has 2 fully saturated rings. The van der Waals surface area contributed by atoms with Crippen molar-refractivity contribution >= 4 is 17.7 Å². The summed E-state index contributed by atoms with van der Waals surface area (Å²) >= 11 is 1.77. The number of rotatable bonds is 6. The van der Waals surface area contributed by atoms with E-state index in [1.54, 1.807) is 11.8 Å². The van der Waals surface area contributed by atoms with Crippen LogP contribution in [0.4, 0.5) is 0 Å². The van der Waals surface area contributed by atoms with E-state index in [0.717, 1.165) is 44.8 Å². The van der Waals surface area contributed by atoms with E-state index in [0.29, 0.717) is 0 Å². The maximum Gasteiger partial charge on any atom is 0.236 e. The number of amides is 1. The summed E-state index contributed by atoms with van der Waals surface area (Å²) < 4.78 is -0.247. The van der Waals surface area contributed by atoms with Crippen LogP contribution in [-0.2, 0) is 4.79 Å². The highest BCUT2D eigenvalue weighted by Crippen LogP contribution is 2.45. The Hall–Kier alpha value is -1.00. The van der Waals surface area contributed by atoms with Gasteiger partial charge in [-0.3, -0.25) is 4.79 Å². The average Bonchev–Trinajstić information content (AvgIpc) is 3.22. The Morgan fingerprint density at radius 1 is 1.30 bits per heavy atom. The lowest BCUT2D eigenvalue weighted by atomic mass is 10.0. The lowest BCUT2D eigenvalue weighted by molar-refractivity contribution is -0.123. The van der Waals surface area contributed by atoms with E-state index in [1.165, 1.54) is 29.7 Å². The van der Waals surface area contributed by atoms with Crippen molar-refractivity contribution in [1.29, 1.82) is 0 Å². The van der Waals surface area contributed by atoms with Crippen molar-refractivity contribution in [1.82, 2.24) is 10.6 Å². The summed E-state index contributed by atoms with van der Waals surface area (Å²) in [4.78, 5) is 14.1. The molecule has 3 nitrogen and oxygen atoms in total. The zero-order valence-corrected chi connectivity index (χ0v) is 14.9. The molecule has 0 aromatic heterocycles. The molecule has 2 N–H and O–H groups in total. The van der Waals surface area contributed by atoms with Crippen molar-refractivity contribution in [2.45, 2.75) is 55.1 Å². The highest BCUT2D eigenvalue weighted by molar-refractivity contribution is 8.01. The van der Waals surface area contributed by atoms with E-state index in [4.69, 9.17) is 0 Å². The molecule has 1 aliphatic carbocycles. The fourth-order valence-electron chi connectivity index (χ4n) is 3.67. The third kappa shape index (κ3) is 4.30. The molecule has 1 aromatic carbocycles. The van der Waals surface area contributed by atoms with Gasteiger partial charge in [0.1, 0.15) is 0 Å². The quantitative estimate of drug-likeness (QED) is 0.837. The van der Waals surface area contributed by atoms with Crippen LogP contribution in [0.2, 0.25) is 0 Å². The first-order chi connectivity index (χ1) is 11.2. The van der Waals surface area contributed by atoms with Gasteiger partial charge in [0, 0.05) is 11.4 Å². The molecule has 1 aliphatic heterocycles. The molecule has 23 heavy (non-hydrogen) atoms. The molecule has 2 aliphatic rings. The van der Waals surface area contributed by atoms with Crippen molar-refractivity contribution in [3.8, 4) is 0 Å². The maximum atomic E-state index is 12.9. The molecule has 1 saturated carbocycles. The predicted molar refractivity (Wildman–Crippen MR) is 96.8 cm³/mol. The molecule has 0 spiro atoms. The van der Waals surface area contributed by atoms with Gasteiger partial charge >= 0.3 is 0 Å². The van der Waals surface area contributed by atoms with Crippen LogP contribution < -0.4 is 10.6 Å². The Kier molecular flexibility index (Phi) is 5.65. The number of thioether (sulfide) groups is 1. The van der Waals surface area contributed by atoms with Crippen LogP contribution in [0.3, 0.4) is 0 Å². The highest BCUT2D eigenvalue weighted by Gasteiger charge is 2.42. The van der Waals surface area contributed by atoms with E-state index >= 15 is 0 Å². The summed E-state index contributed by atoms with van der Waals surface area (Å²) in [5.41, 5.74) is 1.27. The first kappa shape index (κ1) is 16.8. The van der Waals surface area contributed by atoms with Gasteiger partial charge in [-0.2, -0.15) is 0 Å². The van der Waals surface area contributed by atoms with Gasteiger partial charge in [-0.1, -0.05) is 30.5 Å². The predicted octanol–water partition coefficient (Wildman–Crippen LogP) is 3.52. The van der Waals surface area contributed by atoms with E-state index in [9.17, 15) is 4.79 Å². The lowest BCUT2D eigenvalue weighted by Crippen LogP contribution is -2.43. The number of hydrogen-bond donors (Lipinski definition) is 2. The Bertz CT molecular complexity index is 517. The van der Waals surface area contributed by atoms with Gasteiger partial charge in [0.2, 0.25) is 5.91 Å². The van der Waals surface area contributed by atoms with E-state index in [-0.39, 0.29) is 10.7 Å². The van der Waals surface area contributed by atoms with Crippen molar-refractivity contribution in [3.05, 3.63) is 29.8 Å². The second kappa shape index (κ2) is 7.71. The second-order valence-electron chi connectivity index (χ2n) is 7.02. The normalized spacial score (nSPS) is 23.1. The Morgan fingerprint density at radius 2 is 2.04 bits per heavy atom. The molecule has 126 valence electrons. The third-order valence-corrected chi connectivity index (χ3v) is 6.65.